The average Bonchev–Trinajstić information content (AvgIpc) is 2.29. The molecule has 2 nitrogen and oxygen atoms in total. The molecule has 16 heavy (non-hydrogen) atoms. The predicted molar refractivity (Wildman–Crippen MR) is 67.4 cm³/mol. The van der Waals surface area contributed by atoms with E-state index >= 15 is 0 Å². The van der Waals surface area contributed by atoms with E-state index in [4.69, 9.17) is 10.5 Å². The summed E-state index contributed by atoms with van der Waals surface area (Å²) < 4.78 is 5.81. The lowest BCUT2D eigenvalue weighted by Crippen LogP contribution is -2.22. The first-order chi connectivity index (χ1) is 7.36. The zero-order valence-corrected chi connectivity index (χ0v) is 10.2. The maximum Gasteiger partial charge on any atom is 0.127 e. The van der Waals surface area contributed by atoms with Crippen molar-refractivity contribution < 1.29 is 4.74 Å². The van der Waals surface area contributed by atoms with Gasteiger partial charge in [-0.2, -0.15) is 0 Å². The van der Waals surface area contributed by atoms with Crippen LogP contribution < -0.4 is 10.5 Å². The first-order valence-electron chi connectivity index (χ1n) is 5.89. The Balaban J connectivity index is 0.000000963. The normalized spacial score (nSPS) is 22.4. The summed E-state index contributed by atoms with van der Waals surface area (Å²) in [4.78, 5) is 0. The van der Waals surface area contributed by atoms with Crippen molar-refractivity contribution in [2.45, 2.75) is 38.1 Å². The maximum absolute atomic E-state index is 6.10. The number of halogens is 1. The molecule has 2 N–H and O–H groups in total. The number of hydrogen-bond donors (Lipinski definition) is 1. The Bertz CT molecular complexity index is 392. The SMILES string of the molecule is Cl.N[C@@H]1CCOc2c1ccc1c2CCCC1. The molecular weight excluding hydrogens is 222 g/mol. The molecule has 1 aliphatic heterocycles. The first-order valence-corrected chi connectivity index (χ1v) is 5.89. The van der Waals surface area contributed by atoms with Crippen molar-refractivity contribution in [1.82, 2.24) is 0 Å². The van der Waals surface area contributed by atoms with Crippen LogP contribution in [0.2, 0.25) is 0 Å². The minimum Gasteiger partial charge on any atom is -0.493 e. The molecule has 3 heteroatoms. The molecule has 3 rings (SSSR count). The van der Waals surface area contributed by atoms with Gasteiger partial charge in [0.2, 0.25) is 0 Å². The van der Waals surface area contributed by atoms with Gasteiger partial charge in [0.05, 0.1) is 6.61 Å². The molecule has 1 aromatic rings. The molecular formula is C13H18ClNO. The molecule has 2 aliphatic rings. The van der Waals surface area contributed by atoms with Crippen LogP contribution in [0.4, 0.5) is 0 Å². The monoisotopic (exact) mass is 239 g/mol. The topological polar surface area (TPSA) is 35.2 Å². The minimum absolute atomic E-state index is 0. The molecule has 0 aromatic heterocycles. The van der Waals surface area contributed by atoms with Gasteiger partial charge in [-0.1, -0.05) is 12.1 Å². The highest BCUT2D eigenvalue weighted by Gasteiger charge is 2.23. The highest BCUT2D eigenvalue weighted by atomic mass is 35.5. The molecule has 1 atom stereocenters. The third kappa shape index (κ3) is 1.80. The Morgan fingerprint density at radius 3 is 2.88 bits per heavy atom. The third-order valence-corrected chi connectivity index (χ3v) is 3.59. The second-order valence-electron chi connectivity index (χ2n) is 4.57. The molecule has 1 aromatic carbocycles. The van der Waals surface area contributed by atoms with E-state index in [2.05, 4.69) is 12.1 Å². The van der Waals surface area contributed by atoms with Crippen LogP contribution >= 0.6 is 12.4 Å². The van der Waals surface area contributed by atoms with Crippen molar-refractivity contribution in [3.63, 3.8) is 0 Å². The number of nitrogens with two attached hydrogens (primary N) is 1. The van der Waals surface area contributed by atoms with Gasteiger partial charge in [-0.15, -0.1) is 12.4 Å². The van der Waals surface area contributed by atoms with E-state index in [0.717, 1.165) is 18.8 Å². The lowest BCUT2D eigenvalue weighted by atomic mass is 9.87. The molecule has 0 spiro atoms. The van der Waals surface area contributed by atoms with Gasteiger partial charge >= 0.3 is 0 Å². The van der Waals surface area contributed by atoms with Crippen LogP contribution in [0, 0.1) is 0 Å². The summed E-state index contributed by atoms with van der Waals surface area (Å²) in [6, 6.07) is 4.60. The van der Waals surface area contributed by atoms with Crippen molar-refractivity contribution in [3.8, 4) is 5.75 Å². The molecule has 0 amide bonds. The van der Waals surface area contributed by atoms with Crippen molar-refractivity contribution in [2.24, 2.45) is 5.73 Å². The zero-order valence-electron chi connectivity index (χ0n) is 9.37. The van der Waals surface area contributed by atoms with E-state index in [1.54, 1.807) is 0 Å². The summed E-state index contributed by atoms with van der Waals surface area (Å²) in [6.07, 6.45) is 5.94. The van der Waals surface area contributed by atoms with E-state index in [9.17, 15) is 0 Å². The van der Waals surface area contributed by atoms with Gasteiger partial charge in [-0.3, -0.25) is 0 Å². The number of ether oxygens (including phenoxy) is 1. The smallest absolute Gasteiger partial charge is 0.127 e. The highest BCUT2D eigenvalue weighted by Crippen LogP contribution is 2.38. The van der Waals surface area contributed by atoms with Gasteiger partial charge in [-0.05, 0) is 36.8 Å². The third-order valence-electron chi connectivity index (χ3n) is 3.59. The summed E-state index contributed by atoms with van der Waals surface area (Å²) in [6.45, 7) is 0.782. The second kappa shape index (κ2) is 4.64. The maximum atomic E-state index is 6.10. The minimum atomic E-state index is 0. The molecule has 1 aliphatic carbocycles. The Morgan fingerprint density at radius 1 is 1.19 bits per heavy atom. The summed E-state index contributed by atoms with van der Waals surface area (Å²) in [5, 5.41) is 0. The fourth-order valence-electron chi connectivity index (χ4n) is 2.72. The van der Waals surface area contributed by atoms with E-state index in [0.29, 0.717) is 0 Å². The molecule has 0 unspecified atom stereocenters. The van der Waals surface area contributed by atoms with Gasteiger partial charge < -0.3 is 10.5 Å². The lowest BCUT2D eigenvalue weighted by molar-refractivity contribution is 0.265. The molecule has 0 saturated carbocycles. The largest absolute Gasteiger partial charge is 0.493 e. The van der Waals surface area contributed by atoms with Crippen molar-refractivity contribution in [2.75, 3.05) is 6.61 Å². The van der Waals surface area contributed by atoms with Crippen molar-refractivity contribution >= 4 is 12.4 Å². The zero-order chi connectivity index (χ0) is 10.3. The quantitative estimate of drug-likeness (QED) is 0.756. The first kappa shape index (κ1) is 11.7. The number of rotatable bonds is 0. The molecule has 0 saturated heterocycles. The summed E-state index contributed by atoms with van der Waals surface area (Å²) in [5.41, 5.74) is 10.2. The fourth-order valence-corrected chi connectivity index (χ4v) is 2.72. The number of fused-ring (bicyclic) bond motifs is 3. The van der Waals surface area contributed by atoms with Crippen LogP contribution in [0.15, 0.2) is 12.1 Å². The fraction of sp³-hybridized carbons (Fsp3) is 0.538. The number of hydrogen-bond acceptors (Lipinski definition) is 2. The molecule has 1 heterocycles. The van der Waals surface area contributed by atoms with Crippen molar-refractivity contribution in [1.29, 1.82) is 0 Å². The van der Waals surface area contributed by atoms with Gasteiger partial charge in [0.15, 0.2) is 0 Å². The summed E-state index contributed by atoms with van der Waals surface area (Å²) in [7, 11) is 0. The standard InChI is InChI=1S/C13H17NO.ClH/c14-12-7-8-15-13-10-4-2-1-3-9(10)5-6-11(12)13;/h5-6,12H,1-4,7-8,14H2;1H/t12-;/m1./s1. The van der Waals surface area contributed by atoms with Crippen LogP contribution in [0.25, 0.3) is 0 Å². The Hall–Kier alpha value is -0.730. The van der Waals surface area contributed by atoms with Crippen LogP contribution in [0.1, 0.15) is 42.0 Å². The highest BCUT2D eigenvalue weighted by molar-refractivity contribution is 5.85. The van der Waals surface area contributed by atoms with E-state index < -0.39 is 0 Å². The molecule has 88 valence electrons. The van der Waals surface area contributed by atoms with E-state index in [-0.39, 0.29) is 18.4 Å². The Labute approximate surface area is 103 Å². The van der Waals surface area contributed by atoms with Crippen molar-refractivity contribution in [3.05, 3.63) is 28.8 Å². The van der Waals surface area contributed by atoms with Crippen LogP contribution in [-0.4, -0.2) is 6.61 Å². The molecule has 0 bridgehead atoms. The second-order valence-corrected chi connectivity index (χ2v) is 4.57. The summed E-state index contributed by atoms with van der Waals surface area (Å²) in [5.74, 6) is 1.12. The average molecular weight is 240 g/mol. The molecule has 0 radical (unpaired) electrons. The van der Waals surface area contributed by atoms with Gasteiger partial charge in [0.25, 0.3) is 0 Å². The van der Waals surface area contributed by atoms with Gasteiger partial charge in [-0.25, -0.2) is 0 Å². The number of aryl methyl sites for hydroxylation is 1. The summed E-state index contributed by atoms with van der Waals surface area (Å²) >= 11 is 0. The predicted octanol–water partition coefficient (Wildman–Crippen LogP) is 2.77. The van der Waals surface area contributed by atoms with Crippen LogP contribution in [0.3, 0.4) is 0 Å². The Kier molecular flexibility index (Phi) is 3.41. The van der Waals surface area contributed by atoms with Crippen LogP contribution in [0.5, 0.6) is 5.75 Å². The van der Waals surface area contributed by atoms with Gasteiger partial charge in [0, 0.05) is 18.0 Å². The van der Waals surface area contributed by atoms with Gasteiger partial charge in [0.1, 0.15) is 5.75 Å². The van der Waals surface area contributed by atoms with Crippen LogP contribution in [-0.2, 0) is 12.8 Å². The van der Waals surface area contributed by atoms with E-state index in [1.165, 1.54) is 42.4 Å². The number of benzene rings is 1. The lowest BCUT2D eigenvalue weighted by Gasteiger charge is -2.28. The Morgan fingerprint density at radius 2 is 2.00 bits per heavy atom. The van der Waals surface area contributed by atoms with E-state index in [1.807, 2.05) is 0 Å². The molecule has 0 fully saturated rings.